The van der Waals surface area contributed by atoms with Crippen molar-refractivity contribution in [3.8, 4) is 0 Å². The lowest BCUT2D eigenvalue weighted by Gasteiger charge is -2.40. The normalized spacial score (nSPS) is 23.5. The summed E-state index contributed by atoms with van der Waals surface area (Å²) in [5, 5.41) is 3.02. The number of amides is 2. The van der Waals surface area contributed by atoms with E-state index in [1.165, 1.54) is 0 Å². The zero-order chi connectivity index (χ0) is 14.8. The predicted molar refractivity (Wildman–Crippen MR) is 79.6 cm³/mol. The lowest BCUT2D eigenvalue weighted by Crippen LogP contribution is -2.55. The zero-order valence-corrected chi connectivity index (χ0v) is 12.7. The lowest BCUT2D eigenvalue weighted by molar-refractivity contribution is -0.0504. The Kier molecular flexibility index (Phi) is 4.33. The first-order valence-electron chi connectivity index (χ1n) is 7.14. The summed E-state index contributed by atoms with van der Waals surface area (Å²) in [6.45, 7) is 9.22. The molecule has 20 heavy (non-hydrogen) atoms. The van der Waals surface area contributed by atoms with Gasteiger partial charge in [0.15, 0.2) is 0 Å². The van der Waals surface area contributed by atoms with Gasteiger partial charge in [-0.1, -0.05) is 30.3 Å². The van der Waals surface area contributed by atoms with E-state index in [1.54, 1.807) is 0 Å². The van der Waals surface area contributed by atoms with Crippen LogP contribution in [-0.2, 0) is 4.74 Å². The first-order chi connectivity index (χ1) is 9.38. The van der Waals surface area contributed by atoms with Crippen molar-refractivity contribution >= 4 is 6.03 Å². The quantitative estimate of drug-likeness (QED) is 0.857. The van der Waals surface area contributed by atoms with Gasteiger partial charge in [-0.3, -0.25) is 0 Å². The number of ether oxygens (including phenoxy) is 1. The highest BCUT2D eigenvalue weighted by atomic mass is 16.5. The summed E-state index contributed by atoms with van der Waals surface area (Å²) in [6, 6.07) is 10.1. The smallest absolute Gasteiger partial charge is 0.318 e. The molecule has 2 rings (SSSR count). The molecule has 1 fully saturated rings. The van der Waals surface area contributed by atoms with Crippen LogP contribution >= 0.6 is 0 Å². The minimum absolute atomic E-state index is 0.0192. The molecule has 1 saturated heterocycles. The topological polar surface area (TPSA) is 41.6 Å². The van der Waals surface area contributed by atoms with Gasteiger partial charge in [0, 0.05) is 12.1 Å². The van der Waals surface area contributed by atoms with Crippen LogP contribution in [-0.4, -0.2) is 35.7 Å². The van der Waals surface area contributed by atoms with Crippen molar-refractivity contribution in [2.24, 2.45) is 0 Å². The van der Waals surface area contributed by atoms with Crippen molar-refractivity contribution < 1.29 is 9.53 Å². The first-order valence-corrected chi connectivity index (χ1v) is 7.14. The van der Waals surface area contributed by atoms with Gasteiger partial charge in [-0.05, 0) is 33.3 Å². The molecule has 0 aliphatic carbocycles. The van der Waals surface area contributed by atoms with E-state index in [0.29, 0.717) is 13.2 Å². The van der Waals surface area contributed by atoms with E-state index in [1.807, 2.05) is 62.9 Å². The van der Waals surface area contributed by atoms with E-state index in [4.69, 9.17) is 4.74 Å². The number of carbonyl (C=O) groups is 1. The van der Waals surface area contributed by atoms with Gasteiger partial charge in [0.2, 0.25) is 0 Å². The van der Waals surface area contributed by atoms with E-state index < -0.39 is 0 Å². The maximum absolute atomic E-state index is 12.4. The zero-order valence-electron chi connectivity index (χ0n) is 12.7. The second-order valence-corrected chi connectivity index (χ2v) is 6.32. The van der Waals surface area contributed by atoms with Crippen LogP contribution in [0.2, 0.25) is 0 Å². The number of benzene rings is 1. The minimum Gasteiger partial charge on any atom is -0.370 e. The van der Waals surface area contributed by atoms with Crippen LogP contribution in [0.15, 0.2) is 30.3 Å². The van der Waals surface area contributed by atoms with Crippen molar-refractivity contribution in [3.63, 3.8) is 0 Å². The number of morpholine rings is 1. The molecule has 2 unspecified atom stereocenters. The Morgan fingerprint density at radius 1 is 1.30 bits per heavy atom. The Hall–Kier alpha value is -1.55. The van der Waals surface area contributed by atoms with Crippen LogP contribution in [0.5, 0.6) is 0 Å². The fraction of sp³-hybridized carbons (Fsp3) is 0.562. The van der Waals surface area contributed by atoms with Gasteiger partial charge in [0.25, 0.3) is 0 Å². The van der Waals surface area contributed by atoms with E-state index >= 15 is 0 Å². The minimum atomic E-state index is -0.225. The number of rotatable bonds is 1. The Balaban J connectivity index is 2.11. The highest BCUT2D eigenvalue weighted by Gasteiger charge is 2.33. The van der Waals surface area contributed by atoms with Crippen molar-refractivity contribution in [3.05, 3.63) is 35.9 Å². The number of nitrogens with zero attached hydrogens (tertiary/aromatic N) is 1. The molecule has 1 aliphatic heterocycles. The summed E-state index contributed by atoms with van der Waals surface area (Å²) in [6.07, 6.45) is -0.0596. The maximum atomic E-state index is 12.4. The Bertz CT molecular complexity index is 453. The molecular formula is C16H24N2O2. The van der Waals surface area contributed by atoms with Crippen molar-refractivity contribution in [1.29, 1.82) is 0 Å². The summed E-state index contributed by atoms with van der Waals surface area (Å²) in [5.41, 5.74) is 0.894. The Morgan fingerprint density at radius 2 is 1.95 bits per heavy atom. The molecule has 0 aromatic heterocycles. The number of hydrogen-bond donors (Lipinski definition) is 1. The van der Waals surface area contributed by atoms with Crippen molar-refractivity contribution in [2.45, 2.75) is 45.4 Å². The van der Waals surface area contributed by atoms with E-state index in [9.17, 15) is 4.79 Å². The monoisotopic (exact) mass is 276 g/mol. The van der Waals surface area contributed by atoms with E-state index in [2.05, 4.69) is 5.32 Å². The van der Waals surface area contributed by atoms with Crippen LogP contribution in [0.25, 0.3) is 0 Å². The second kappa shape index (κ2) is 5.83. The van der Waals surface area contributed by atoms with Crippen LogP contribution in [0.4, 0.5) is 4.79 Å². The van der Waals surface area contributed by atoms with E-state index in [0.717, 1.165) is 5.56 Å². The summed E-state index contributed by atoms with van der Waals surface area (Å²) in [5.74, 6) is 0. The van der Waals surface area contributed by atoms with Gasteiger partial charge >= 0.3 is 6.03 Å². The summed E-state index contributed by atoms with van der Waals surface area (Å²) in [4.78, 5) is 14.2. The molecule has 0 radical (unpaired) electrons. The molecule has 0 spiro atoms. The highest BCUT2D eigenvalue weighted by Crippen LogP contribution is 2.28. The molecule has 1 aromatic rings. The van der Waals surface area contributed by atoms with E-state index in [-0.39, 0.29) is 23.7 Å². The molecule has 1 heterocycles. The third kappa shape index (κ3) is 3.51. The maximum Gasteiger partial charge on any atom is 0.318 e. The third-order valence-electron chi connectivity index (χ3n) is 3.43. The predicted octanol–water partition coefficient (Wildman–Crippen LogP) is 2.96. The molecule has 1 aromatic carbocycles. The average molecular weight is 276 g/mol. The molecule has 2 amide bonds. The Labute approximate surface area is 121 Å². The van der Waals surface area contributed by atoms with Gasteiger partial charge < -0.3 is 15.0 Å². The summed E-state index contributed by atoms with van der Waals surface area (Å²) >= 11 is 0. The molecule has 0 saturated carbocycles. The fourth-order valence-corrected chi connectivity index (χ4v) is 2.48. The molecule has 110 valence electrons. The van der Waals surface area contributed by atoms with Gasteiger partial charge in [-0.2, -0.15) is 0 Å². The number of carbonyl (C=O) groups excluding carboxylic acids is 1. The number of nitrogens with one attached hydrogen (secondary N) is 1. The number of urea groups is 1. The molecule has 1 N–H and O–H groups in total. The van der Waals surface area contributed by atoms with Gasteiger partial charge in [0.05, 0.1) is 12.6 Å². The van der Waals surface area contributed by atoms with Gasteiger partial charge in [0.1, 0.15) is 6.10 Å². The van der Waals surface area contributed by atoms with Crippen LogP contribution < -0.4 is 5.32 Å². The van der Waals surface area contributed by atoms with Crippen molar-refractivity contribution in [2.75, 3.05) is 13.2 Å². The third-order valence-corrected chi connectivity index (χ3v) is 3.43. The molecule has 0 bridgehead atoms. The fourth-order valence-electron chi connectivity index (χ4n) is 2.48. The summed E-state index contributed by atoms with van der Waals surface area (Å²) in [7, 11) is 0. The molecular weight excluding hydrogens is 252 g/mol. The number of hydrogen-bond acceptors (Lipinski definition) is 2. The van der Waals surface area contributed by atoms with Crippen LogP contribution in [0.1, 0.15) is 39.4 Å². The van der Waals surface area contributed by atoms with Crippen LogP contribution in [0, 0.1) is 0 Å². The molecule has 4 heteroatoms. The average Bonchev–Trinajstić information content (AvgIpc) is 2.38. The molecule has 1 aliphatic rings. The standard InChI is InChI=1S/C16H24N2O2/c1-12-14(13-8-6-5-7-9-13)20-11-10-18(12)15(19)17-16(2,3)4/h5-9,12,14H,10-11H2,1-4H3,(H,17,19). The van der Waals surface area contributed by atoms with Gasteiger partial charge in [-0.25, -0.2) is 4.79 Å². The SMILES string of the molecule is CC1C(c2ccccc2)OCCN1C(=O)NC(C)(C)C. The largest absolute Gasteiger partial charge is 0.370 e. The highest BCUT2D eigenvalue weighted by molar-refractivity contribution is 5.75. The second-order valence-electron chi connectivity index (χ2n) is 6.32. The molecule has 4 nitrogen and oxygen atoms in total. The van der Waals surface area contributed by atoms with Gasteiger partial charge in [-0.15, -0.1) is 0 Å². The van der Waals surface area contributed by atoms with Crippen molar-refractivity contribution in [1.82, 2.24) is 10.2 Å². The Morgan fingerprint density at radius 3 is 2.55 bits per heavy atom. The molecule has 2 atom stereocenters. The first kappa shape index (κ1) is 14.9. The lowest BCUT2D eigenvalue weighted by atomic mass is 10.0. The summed E-state index contributed by atoms with van der Waals surface area (Å²) < 4.78 is 5.87. The van der Waals surface area contributed by atoms with Crippen LogP contribution in [0.3, 0.4) is 0 Å².